The van der Waals surface area contributed by atoms with Crippen LogP contribution >= 0.6 is 0 Å². The van der Waals surface area contributed by atoms with Gasteiger partial charge in [0.05, 0.1) is 11.4 Å². The molecule has 0 N–H and O–H groups in total. The summed E-state index contributed by atoms with van der Waals surface area (Å²) in [6.45, 7) is 0. The van der Waals surface area contributed by atoms with Crippen molar-refractivity contribution in [1.29, 1.82) is 0 Å². The van der Waals surface area contributed by atoms with Crippen LogP contribution in [0.15, 0.2) is 176 Å². The molecule has 0 atom stereocenters. The van der Waals surface area contributed by atoms with Crippen molar-refractivity contribution in [3.05, 3.63) is 176 Å². The second kappa shape index (κ2) is 12.2. The third kappa shape index (κ3) is 5.26. The van der Waals surface area contributed by atoms with Crippen LogP contribution < -0.4 is 4.74 Å². The number of benzene rings is 6. The molecule has 230 valence electrons. The first-order valence-electron chi connectivity index (χ1n) is 16.3. The maximum Gasteiger partial charge on any atom is 0.161 e. The average molecular weight is 628 g/mol. The van der Waals surface area contributed by atoms with Gasteiger partial charge in [0.25, 0.3) is 0 Å². The maximum atomic E-state index is 6.85. The third-order valence-corrected chi connectivity index (χ3v) is 9.04. The molecule has 6 aromatic carbocycles. The minimum absolute atomic E-state index is 0.628. The Balaban J connectivity index is 1.32. The van der Waals surface area contributed by atoms with Crippen LogP contribution in [0, 0.1) is 0 Å². The van der Waals surface area contributed by atoms with E-state index < -0.39 is 0 Å². The van der Waals surface area contributed by atoms with Crippen molar-refractivity contribution in [1.82, 2.24) is 15.0 Å². The lowest BCUT2D eigenvalue weighted by Crippen LogP contribution is -1.97. The maximum absolute atomic E-state index is 6.85. The normalized spacial score (nSPS) is 11.4. The Kier molecular flexibility index (Phi) is 7.10. The van der Waals surface area contributed by atoms with Crippen LogP contribution in [0.5, 0.6) is 11.5 Å². The summed E-state index contributed by atoms with van der Waals surface area (Å²) >= 11 is 0. The summed E-state index contributed by atoms with van der Waals surface area (Å²) < 4.78 is 6.85. The minimum Gasteiger partial charge on any atom is -0.456 e. The molecule has 1 aliphatic heterocycles. The summed E-state index contributed by atoms with van der Waals surface area (Å²) in [6.07, 6.45) is 3.58. The molecular formula is C45H29N3O. The number of hydrogen-bond acceptors (Lipinski definition) is 4. The van der Waals surface area contributed by atoms with Gasteiger partial charge in [-0.25, -0.2) is 9.97 Å². The van der Waals surface area contributed by atoms with Gasteiger partial charge in [0, 0.05) is 40.2 Å². The van der Waals surface area contributed by atoms with E-state index in [4.69, 9.17) is 14.7 Å². The first-order valence-corrected chi connectivity index (χ1v) is 16.3. The molecule has 0 saturated heterocycles. The first-order chi connectivity index (χ1) is 24.3. The van der Waals surface area contributed by atoms with Gasteiger partial charge in [-0.15, -0.1) is 0 Å². The second-order valence-electron chi connectivity index (χ2n) is 12.0. The Morgan fingerprint density at radius 1 is 0.347 bits per heavy atom. The van der Waals surface area contributed by atoms with Gasteiger partial charge < -0.3 is 4.74 Å². The molecule has 9 rings (SSSR count). The van der Waals surface area contributed by atoms with Crippen molar-refractivity contribution in [2.75, 3.05) is 0 Å². The Morgan fingerprint density at radius 3 is 1.45 bits per heavy atom. The molecule has 4 nitrogen and oxygen atoms in total. The van der Waals surface area contributed by atoms with Crippen LogP contribution in [0.25, 0.3) is 78.4 Å². The van der Waals surface area contributed by atoms with E-state index in [1.54, 1.807) is 6.20 Å². The van der Waals surface area contributed by atoms with Crippen molar-refractivity contribution >= 4 is 0 Å². The van der Waals surface area contributed by atoms with Crippen LogP contribution in [0.2, 0.25) is 0 Å². The molecule has 2 aromatic heterocycles. The fourth-order valence-electron chi connectivity index (χ4n) is 6.72. The highest BCUT2D eigenvalue weighted by atomic mass is 16.5. The summed E-state index contributed by atoms with van der Waals surface area (Å²) in [7, 11) is 0. The molecule has 3 heterocycles. The highest BCUT2D eigenvalue weighted by Crippen LogP contribution is 2.48. The van der Waals surface area contributed by atoms with Crippen LogP contribution in [0.1, 0.15) is 0 Å². The van der Waals surface area contributed by atoms with Crippen LogP contribution in [0.3, 0.4) is 0 Å². The zero-order valence-corrected chi connectivity index (χ0v) is 26.5. The van der Waals surface area contributed by atoms with E-state index in [1.807, 2.05) is 48.7 Å². The predicted octanol–water partition coefficient (Wildman–Crippen LogP) is 11.6. The largest absolute Gasteiger partial charge is 0.456 e. The van der Waals surface area contributed by atoms with Gasteiger partial charge in [0.15, 0.2) is 5.82 Å². The number of ether oxygens (including phenoxy) is 1. The van der Waals surface area contributed by atoms with Gasteiger partial charge in [-0.2, -0.15) is 0 Å². The van der Waals surface area contributed by atoms with E-state index in [2.05, 4.69) is 126 Å². The predicted molar refractivity (Wildman–Crippen MR) is 198 cm³/mol. The molecular weight excluding hydrogens is 599 g/mol. The zero-order valence-electron chi connectivity index (χ0n) is 26.5. The summed E-state index contributed by atoms with van der Waals surface area (Å²) in [4.78, 5) is 14.5. The quantitative estimate of drug-likeness (QED) is 0.196. The van der Waals surface area contributed by atoms with E-state index in [1.165, 1.54) is 0 Å². The Bertz CT molecular complexity index is 2420. The van der Waals surface area contributed by atoms with Crippen LogP contribution in [0.4, 0.5) is 0 Å². The van der Waals surface area contributed by atoms with E-state index >= 15 is 0 Å². The third-order valence-electron chi connectivity index (χ3n) is 9.04. The highest BCUT2D eigenvalue weighted by Gasteiger charge is 2.22. The number of rotatable bonds is 3. The number of aromatic nitrogens is 3. The lowest BCUT2D eigenvalue weighted by molar-refractivity contribution is 0.486. The SMILES string of the molecule is c1ccc(-c2cc(-c3ccc4c(c3)-c3ccccc3Oc3ccccc3-c3ccccc3-c3ccccc3-4)nc(-c3cccnc3)n2)cc1. The van der Waals surface area contributed by atoms with E-state index in [-0.39, 0.29) is 0 Å². The molecule has 0 unspecified atom stereocenters. The molecule has 8 aromatic rings. The topological polar surface area (TPSA) is 47.9 Å². The fourth-order valence-corrected chi connectivity index (χ4v) is 6.72. The number of nitrogens with zero attached hydrogens (tertiary/aromatic N) is 3. The summed E-state index contributed by atoms with van der Waals surface area (Å²) in [5, 5.41) is 0. The Hall–Kier alpha value is -6.65. The van der Waals surface area contributed by atoms with Crippen molar-refractivity contribution in [3.63, 3.8) is 0 Å². The number of para-hydroxylation sites is 2. The Labute approximate surface area is 285 Å². The highest BCUT2D eigenvalue weighted by molar-refractivity contribution is 5.98. The van der Waals surface area contributed by atoms with Gasteiger partial charge in [-0.3, -0.25) is 4.98 Å². The zero-order chi connectivity index (χ0) is 32.6. The molecule has 49 heavy (non-hydrogen) atoms. The van der Waals surface area contributed by atoms with Gasteiger partial charge in [0.2, 0.25) is 0 Å². The average Bonchev–Trinajstić information content (AvgIpc) is 3.20. The monoisotopic (exact) mass is 627 g/mol. The molecule has 0 amide bonds. The lowest BCUT2D eigenvalue weighted by atomic mass is 9.86. The van der Waals surface area contributed by atoms with Crippen molar-refractivity contribution in [2.45, 2.75) is 0 Å². The van der Waals surface area contributed by atoms with E-state index in [0.717, 1.165) is 84.1 Å². The molecule has 0 radical (unpaired) electrons. The van der Waals surface area contributed by atoms with Gasteiger partial charge >= 0.3 is 0 Å². The molecule has 0 bridgehead atoms. The minimum atomic E-state index is 0.628. The fraction of sp³-hybridized carbons (Fsp3) is 0. The molecule has 0 fully saturated rings. The summed E-state index contributed by atoms with van der Waals surface area (Å²) in [5.41, 5.74) is 13.3. The molecule has 0 saturated carbocycles. The summed E-state index contributed by atoms with van der Waals surface area (Å²) in [5.74, 6) is 2.22. The second-order valence-corrected chi connectivity index (χ2v) is 12.0. The van der Waals surface area contributed by atoms with Gasteiger partial charge in [-0.1, -0.05) is 127 Å². The molecule has 0 spiro atoms. The molecule has 4 heteroatoms. The molecule has 1 aliphatic rings. The van der Waals surface area contributed by atoms with Crippen molar-refractivity contribution in [3.8, 4) is 89.9 Å². The van der Waals surface area contributed by atoms with Crippen LogP contribution in [-0.4, -0.2) is 15.0 Å². The van der Waals surface area contributed by atoms with Crippen LogP contribution in [-0.2, 0) is 0 Å². The standard InChI is InChI=1S/C45H29N3O/c1-2-13-30(14-3-1)41-28-42(48-45(47-41)32-15-12-26-46-29-32)31-24-25-37-35-18-5-4-16-33(35)34-17-6-7-19-36(34)38-20-8-10-22-43(38)49-44-23-11-9-21-39(44)40(37)27-31/h1-29H. The van der Waals surface area contributed by atoms with E-state index in [0.29, 0.717) is 5.82 Å². The van der Waals surface area contributed by atoms with Crippen molar-refractivity contribution in [2.24, 2.45) is 0 Å². The number of fused-ring (bicyclic) bond motifs is 9. The van der Waals surface area contributed by atoms with Gasteiger partial charge in [-0.05, 0) is 69.8 Å². The summed E-state index contributed by atoms with van der Waals surface area (Å²) in [6, 6.07) is 56.7. The molecule has 0 aliphatic carbocycles. The number of hydrogen-bond donors (Lipinski definition) is 0. The van der Waals surface area contributed by atoms with E-state index in [9.17, 15) is 0 Å². The van der Waals surface area contributed by atoms with Crippen molar-refractivity contribution < 1.29 is 4.74 Å². The van der Waals surface area contributed by atoms with Gasteiger partial charge in [0.1, 0.15) is 11.5 Å². The first kappa shape index (κ1) is 28.6. The smallest absolute Gasteiger partial charge is 0.161 e. The number of pyridine rings is 1. The Morgan fingerprint density at radius 2 is 0.837 bits per heavy atom. The lowest BCUT2D eigenvalue weighted by Gasteiger charge is -2.18.